The number of carbonyl (C=O) groups excluding carboxylic acids is 1. The Kier molecular flexibility index (Phi) is 5.86. The first-order chi connectivity index (χ1) is 15.7. The van der Waals surface area contributed by atoms with Gasteiger partial charge in [0.1, 0.15) is 11.5 Å². The molecule has 2 fully saturated rings. The molecule has 6 nitrogen and oxygen atoms in total. The first-order valence-electron chi connectivity index (χ1n) is 11.3. The third-order valence-corrected chi connectivity index (χ3v) is 5.93. The molecule has 2 aromatic carbocycles. The summed E-state index contributed by atoms with van der Waals surface area (Å²) in [5, 5.41) is 11.2. The van der Waals surface area contributed by atoms with E-state index in [4.69, 9.17) is 14.6 Å². The number of aliphatic hydroxyl groups excluding tert-OH is 1. The van der Waals surface area contributed by atoms with Crippen LogP contribution >= 0.6 is 0 Å². The quantitative estimate of drug-likeness (QED) is 0.333. The summed E-state index contributed by atoms with van der Waals surface area (Å²) in [7, 11) is 0. The van der Waals surface area contributed by atoms with Gasteiger partial charge in [-0.1, -0.05) is 0 Å². The molecule has 0 atom stereocenters. The number of H-pyrrole nitrogens is 2. The number of rotatable bonds is 8. The minimum Gasteiger partial charge on any atom is -0.493 e. The molecule has 166 valence electrons. The molecular formula is C26H28N2O4. The van der Waals surface area contributed by atoms with Gasteiger partial charge in [-0.3, -0.25) is 4.79 Å². The summed E-state index contributed by atoms with van der Waals surface area (Å²) in [4.78, 5) is 16.8. The number of aliphatic hydroxyl groups is 1. The fraction of sp³-hybridized carbons (Fsp3) is 0.346. The average Bonchev–Trinajstić information content (AvgIpc) is 3.74. The van der Waals surface area contributed by atoms with Crippen LogP contribution in [0.5, 0.6) is 11.5 Å². The van der Waals surface area contributed by atoms with Crippen molar-refractivity contribution < 1.29 is 19.4 Å². The van der Waals surface area contributed by atoms with Crippen molar-refractivity contribution in [1.29, 1.82) is 0 Å². The number of aldehydes is 1. The van der Waals surface area contributed by atoms with Crippen molar-refractivity contribution >= 4 is 28.1 Å². The lowest BCUT2D eigenvalue weighted by molar-refractivity contribution is 0.111. The van der Waals surface area contributed by atoms with Gasteiger partial charge < -0.3 is 24.5 Å². The number of aromatic amines is 2. The summed E-state index contributed by atoms with van der Waals surface area (Å²) >= 11 is 0. The van der Waals surface area contributed by atoms with Crippen molar-refractivity contribution in [3.05, 3.63) is 59.9 Å². The van der Waals surface area contributed by atoms with E-state index in [1.807, 2.05) is 48.5 Å². The van der Waals surface area contributed by atoms with E-state index >= 15 is 0 Å². The van der Waals surface area contributed by atoms with Crippen LogP contribution in [0.4, 0.5) is 0 Å². The first-order valence-corrected chi connectivity index (χ1v) is 11.3. The Balaban J connectivity index is 0.000000135. The van der Waals surface area contributed by atoms with Crippen molar-refractivity contribution in [3.8, 4) is 11.5 Å². The molecule has 6 rings (SSSR count). The molecule has 2 aliphatic carbocycles. The highest BCUT2D eigenvalue weighted by atomic mass is 16.5. The summed E-state index contributed by atoms with van der Waals surface area (Å²) in [6, 6.07) is 15.7. The average molecular weight is 433 g/mol. The number of benzene rings is 2. The number of fused-ring (bicyclic) bond motifs is 2. The number of carbonyl (C=O) groups is 1. The summed E-state index contributed by atoms with van der Waals surface area (Å²) < 4.78 is 11.4. The SMILES string of the molecule is O=Cc1cc2ccc(OCC3CC3)cc2[nH]1.OCc1cc2ccc(OCC3CC3)cc2[nH]1. The van der Waals surface area contributed by atoms with Gasteiger partial charge in [0, 0.05) is 39.6 Å². The maximum absolute atomic E-state index is 10.6. The Morgan fingerprint density at radius 1 is 0.812 bits per heavy atom. The molecule has 4 aromatic rings. The lowest BCUT2D eigenvalue weighted by Crippen LogP contribution is -1.98. The first kappa shape index (κ1) is 20.6. The van der Waals surface area contributed by atoms with E-state index in [2.05, 4.69) is 9.97 Å². The molecule has 2 aliphatic rings. The van der Waals surface area contributed by atoms with Crippen LogP contribution in [0.3, 0.4) is 0 Å². The number of nitrogens with one attached hydrogen (secondary N) is 2. The van der Waals surface area contributed by atoms with Gasteiger partial charge in [0.2, 0.25) is 0 Å². The molecule has 3 N–H and O–H groups in total. The van der Waals surface area contributed by atoms with Gasteiger partial charge in [-0.05, 0) is 73.9 Å². The Bertz CT molecular complexity index is 1220. The lowest BCUT2D eigenvalue weighted by Gasteiger charge is -2.04. The molecule has 0 spiro atoms. The molecule has 2 aromatic heterocycles. The van der Waals surface area contributed by atoms with Crippen LogP contribution in [0.25, 0.3) is 21.8 Å². The van der Waals surface area contributed by atoms with E-state index in [1.54, 1.807) is 0 Å². The van der Waals surface area contributed by atoms with E-state index in [0.717, 1.165) is 70.3 Å². The summed E-state index contributed by atoms with van der Waals surface area (Å²) in [6.45, 7) is 1.69. The second kappa shape index (κ2) is 9.09. The van der Waals surface area contributed by atoms with Gasteiger partial charge >= 0.3 is 0 Å². The van der Waals surface area contributed by atoms with E-state index in [9.17, 15) is 4.79 Å². The predicted octanol–water partition coefficient (Wildman–Crippen LogP) is 5.22. The molecule has 0 saturated heterocycles. The Morgan fingerprint density at radius 2 is 1.38 bits per heavy atom. The smallest absolute Gasteiger partial charge is 0.166 e. The second-order valence-corrected chi connectivity index (χ2v) is 8.80. The van der Waals surface area contributed by atoms with Crippen LogP contribution in [0.2, 0.25) is 0 Å². The zero-order valence-electron chi connectivity index (χ0n) is 18.0. The van der Waals surface area contributed by atoms with E-state index in [0.29, 0.717) is 5.69 Å². The predicted molar refractivity (Wildman–Crippen MR) is 124 cm³/mol. The van der Waals surface area contributed by atoms with Gasteiger partial charge in [-0.15, -0.1) is 0 Å². The maximum Gasteiger partial charge on any atom is 0.166 e. The van der Waals surface area contributed by atoms with Gasteiger partial charge in [-0.2, -0.15) is 0 Å². The van der Waals surface area contributed by atoms with E-state index < -0.39 is 0 Å². The van der Waals surface area contributed by atoms with Crippen LogP contribution in [-0.2, 0) is 6.61 Å². The summed E-state index contributed by atoms with van der Waals surface area (Å²) in [5.74, 6) is 3.31. The highest BCUT2D eigenvalue weighted by Gasteiger charge is 2.22. The maximum atomic E-state index is 10.6. The van der Waals surface area contributed by atoms with Crippen molar-refractivity contribution in [2.24, 2.45) is 11.8 Å². The standard InChI is InChI=1S/C13H15NO2.C13H13NO2/c2*15-7-11-5-10-3-4-12(6-13(10)14-11)16-8-9-1-2-9/h3-6,9,14-15H,1-2,7-8H2;3-7,9,14H,1-2,8H2. The summed E-state index contributed by atoms with van der Waals surface area (Å²) in [6.07, 6.45) is 6.02. The number of ether oxygens (including phenoxy) is 2. The van der Waals surface area contributed by atoms with Crippen LogP contribution in [0.1, 0.15) is 41.9 Å². The number of aromatic nitrogens is 2. The molecule has 2 saturated carbocycles. The highest BCUT2D eigenvalue weighted by molar-refractivity contribution is 5.88. The second-order valence-electron chi connectivity index (χ2n) is 8.80. The monoisotopic (exact) mass is 432 g/mol. The molecule has 6 heteroatoms. The van der Waals surface area contributed by atoms with E-state index in [-0.39, 0.29) is 6.61 Å². The molecule has 0 bridgehead atoms. The zero-order chi connectivity index (χ0) is 21.9. The Hall–Kier alpha value is -3.25. The van der Waals surface area contributed by atoms with Crippen LogP contribution < -0.4 is 9.47 Å². The van der Waals surface area contributed by atoms with Gasteiger partial charge in [0.05, 0.1) is 25.5 Å². The molecular weight excluding hydrogens is 404 g/mol. The van der Waals surface area contributed by atoms with Crippen LogP contribution in [0, 0.1) is 11.8 Å². The highest BCUT2D eigenvalue weighted by Crippen LogP contribution is 2.31. The zero-order valence-corrected chi connectivity index (χ0v) is 18.0. The van der Waals surface area contributed by atoms with Gasteiger partial charge in [0.25, 0.3) is 0 Å². The van der Waals surface area contributed by atoms with Crippen molar-refractivity contribution in [3.63, 3.8) is 0 Å². The molecule has 0 unspecified atom stereocenters. The molecule has 0 amide bonds. The van der Waals surface area contributed by atoms with Crippen molar-refractivity contribution in [2.45, 2.75) is 32.3 Å². The molecule has 32 heavy (non-hydrogen) atoms. The van der Waals surface area contributed by atoms with E-state index in [1.165, 1.54) is 25.7 Å². The topological polar surface area (TPSA) is 87.3 Å². The Labute approximate surface area is 186 Å². The molecule has 2 heterocycles. The van der Waals surface area contributed by atoms with Gasteiger partial charge in [-0.25, -0.2) is 0 Å². The number of hydrogen-bond donors (Lipinski definition) is 3. The van der Waals surface area contributed by atoms with Gasteiger partial charge in [0.15, 0.2) is 6.29 Å². The molecule has 0 aliphatic heterocycles. The van der Waals surface area contributed by atoms with Crippen molar-refractivity contribution in [2.75, 3.05) is 13.2 Å². The van der Waals surface area contributed by atoms with Crippen molar-refractivity contribution in [1.82, 2.24) is 9.97 Å². The minimum atomic E-state index is 0.0486. The number of hydrogen-bond acceptors (Lipinski definition) is 4. The Morgan fingerprint density at radius 3 is 1.91 bits per heavy atom. The lowest BCUT2D eigenvalue weighted by atomic mass is 10.2. The fourth-order valence-electron chi connectivity index (χ4n) is 3.62. The fourth-order valence-corrected chi connectivity index (χ4v) is 3.62. The van der Waals surface area contributed by atoms with Crippen LogP contribution in [0.15, 0.2) is 48.5 Å². The molecule has 0 radical (unpaired) electrons. The largest absolute Gasteiger partial charge is 0.493 e. The minimum absolute atomic E-state index is 0.0486. The summed E-state index contributed by atoms with van der Waals surface area (Å²) in [5.41, 5.74) is 3.43. The normalized spacial score (nSPS) is 15.4. The van der Waals surface area contributed by atoms with Crippen LogP contribution in [-0.4, -0.2) is 34.6 Å². The third-order valence-electron chi connectivity index (χ3n) is 5.93. The third kappa shape index (κ3) is 5.14.